The fourth-order valence-corrected chi connectivity index (χ4v) is 2.82. The molecule has 13 heteroatoms. The summed E-state index contributed by atoms with van der Waals surface area (Å²) in [7, 11) is 0. The van der Waals surface area contributed by atoms with Crippen LogP contribution < -0.4 is 6.15 Å². The SMILES string of the molecule is CC(=O)OC[C@H]1O[C@H](O[C@]2(CO)O[C@H](CO)[C@@H](O)[C@@H]2O)[C@H](O)[C@@H](O)[C@@H]1O.N. The van der Waals surface area contributed by atoms with Crippen LogP contribution in [0.1, 0.15) is 6.92 Å². The van der Waals surface area contributed by atoms with Crippen molar-refractivity contribution in [3.8, 4) is 0 Å². The topological polar surface area (TPSA) is 231 Å². The Morgan fingerprint density at radius 1 is 1.00 bits per heavy atom. The van der Waals surface area contributed by atoms with Gasteiger partial charge in [-0.15, -0.1) is 0 Å². The molecule has 2 heterocycles. The van der Waals surface area contributed by atoms with E-state index in [4.69, 9.17) is 24.1 Å². The molecule has 0 aliphatic carbocycles. The van der Waals surface area contributed by atoms with E-state index in [0.29, 0.717) is 0 Å². The van der Waals surface area contributed by atoms with Gasteiger partial charge in [0, 0.05) is 6.92 Å². The summed E-state index contributed by atoms with van der Waals surface area (Å²) in [6.07, 6.45) is -12.9. The Labute approximate surface area is 154 Å². The molecule has 0 radical (unpaired) electrons. The first-order chi connectivity index (χ1) is 12.2. The van der Waals surface area contributed by atoms with Crippen LogP contribution in [0.2, 0.25) is 0 Å². The van der Waals surface area contributed by atoms with Crippen molar-refractivity contribution in [3.05, 3.63) is 0 Å². The molecule has 2 saturated heterocycles. The molecule has 10 N–H and O–H groups in total. The second-order valence-corrected chi connectivity index (χ2v) is 6.18. The quantitative estimate of drug-likeness (QED) is 0.196. The van der Waals surface area contributed by atoms with E-state index in [1.54, 1.807) is 0 Å². The Hall–Kier alpha value is -0.970. The maximum absolute atomic E-state index is 10.9. The third-order valence-electron chi connectivity index (χ3n) is 4.34. The van der Waals surface area contributed by atoms with Gasteiger partial charge in [-0.3, -0.25) is 4.79 Å². The summed E-state index contributed by atoms with van der Waals surface area (Å²) >= 11 is 0. The minimum absolute atomic E-state index is 0. The molecule has 0 unspecified atom stereocenters. The molecule has 0 aromatic heterocycles. The fourth-order valence-electron chi connectivity index (χ4n) is 2.82. The van der Waals surface area contributed by atoms with Crippen molar-refractivity contribution < 1.29 is 59.5 Å². The van der Waals surface area contributed by atoms with Crippen LogP contribution in [0.5, 0.6) is 0 Å². The van der Waals surface area contributed by atoms with E-state index in [2.05, 4.69) is 0 Å². The molecular formula is C14H27NO12. The normalized spacial score (nSPS) is 44.6. The summed E-state index contributed by atoms with van der Waals surface area (Å²) in [5.74, 6) is -2.93. The van der Waals surface area contributed by atoms with Crippen molar-refractivity contribution in [2.75, 3.05) is 19.8 Å². The molecule has 27 heavy (non-hydrogen) atoms. The third kappa shape index (κ3) is 4.72. The van der Waals surface area contributed by atoms with Crippen molar-refractivity contribution in [2.24, 2.45) is 0 Å². The number of carbonyl (C=O) groups excluding carboxylic acids is 1. The number of aliphatic hydroxyl groups is 7. The summed E-state index contributed by atoms with van der Waals surface area (Å²) < 4.78 is 20.4. The van der Waals surface area contributed by atoms with Gasteiger partial charge in [0.05, 0.1) is 6.61 Å². The number of rotatable bonds is 6. The Bertz CT molecular complexity index is 495. The van der Waals surface area contributed by atoms with Crippen LogP contribution in [0.4, 0.5) is 0 Å². The van der Waals surface area contributed by atoms with Gasteiger partial charge >= 0.3 is 5.97 Å². The molecule has 0 saturated carbocycles. The number of carbonyl (C=O) groups is 1. The highest BCUT2D eigenvalue weighted by molar-refractivity contribution is 5.65. The van der Waals surface area contributed by atoms with E-state index >= 15 is 0 Å². The van der Waals surface area contributed by atoms with Gasteiger partial charge in [-0.1, -0.05) is 0 Å². The number of hydrogen-bond acceptors (Lipinski definition) is 13. The average molecular weight is 401 g/mol. The second-order valence-electron chi connectivity index (χ2n) is 6.18. The van der Waals surface area contributed by atoms with E-state index in [1.807, 2.05) is 0 Å². The van der Waals surface area contributed by atoms with Crippen molar-refractivity contribution in [3.63, 3.8) is 0 Å². The monoisotopic (exact) mass is 401 g/mol. The molecule has 2 fully saturated rings. The van der Waals surface area contributed by atoms with E-state index in [1.165, 1.54) is 0 Å². The number of ether oxygens (including phenoxy) is 4. The Morgan fingerprint density at radius 2 is 1.63 bits per heavy atom. The standard InChI is InChI=1S/C14H24O12.H3N/c1-5(17)23-3-7-8(18)10(20)11(21)13(24-7)26-14(4-16)12(22)9(19)6(2-15)25-14;/h6-13,15-16,18-22H,2-4H2,1H3;1H3/t6-,7-,8-,9-,10+,11-,12+,13-,14+;/m1./s1. The van der Waals surface area contributed by atoms with Crippen LogP contribution in [-0.4, -0.2) is 116 Å². The molecule has 0 amide bonds. The molecule has 0 aromatic rings. The Morgan fingerprint density at radius 3 is 2.11 bits per heavy atom. The molecule has 160 valence electrons. The molecule has 0 bridgehead atoms. The summed E-state index contributed by atoms with van der Waals surface area (Å²) in [6, 6.07) is 0. The van der Waals surface area contributed by atoms with Crippen LogP contribution in [-0.2, 0) is 23.7 Å². The summed E-state index contributed by atoms with van der Waals surface area (Å²) in [6.45, 7) is -1.01. The largest absolute Gasteiger partial charge is 0.463 e. The van der Waals surface area contributed by atoms with Crippen LogP contribution in [0.25, 0.3) is 0 Å². The summed E-state index contributed by atoms with van der Waals surface area (Å²) in [4.78, 5) is 10.9. The molecule has 0 aromatic carbocycles. The highest BCUT2D eigenvalue weighted by Crippen LogP contribution is 2.35. The average Bonchev–Trinajstić information content (AvgIpc) is 2.86. The molecule has 2 aliphatic rings. The first kappa shape index (κ1) is 24.1. The van der Waals surface area contributed by atoms with E-state index < -0.39 is 80.6 Å². The Kier molecular flexibility index (Phi) is 8.46. The van der Waals surface area contributed by atoms with Crippen molar-refractivity contribution in [1.29, 1.82) is 0 Å². The second kappa shape index (κ2) is 9.49. The fraction of sp³-hybridized carbons (Fsp3) is 0.929. The van der Waals surface area contributed by atoms with E-state index in [-0.39, 0.29) is 6.15 Å². The third-order valence-corrected chi connectivity index (χ3v) is 4.34. The van der Waals surface area contributed by atoms with Gasteiger partial charge in [-0.25, -0.2) is 0 Å². The number of aliphatic hydroxyl groups excluding tert-OH is 7. The molecular weight excluding hydrogens is 374 g/mol. The maximum Gasteiger partial charge on any atom is 0.302 e. The predicted octanol–water partition coefficient (Wildman–Crippen LogP) is -4.66. The first-order valence-electron chi connectivity index (χ1n) is 7.93. The predicted molar refractivity (Wildman–Crippen MR) is 83.2 cm³/mol. The molecule has 9 atom stereocenters. The van der Waals surface area contributed by atoms with Crippen molar-refractivity contribution in [1.82, 2.24) is 6.15 Å². The van der Waals surface area contributed by atoms with Crippen LogP contribution in [0.3, 0.4) is 0 Å². The van der Waals surface area contributed by atoms with Gasteiger partial charge in [-0.2, -0.15) is 0 Å². The van der Waals surface area contributed by atoms with Crippen molar-refractivity contribution in [2.45, 2.75) is 61.7 Å². The van der Waals surface area contributed by atoms with Crippen LogP contribution in [0.15, 0.2) is 0 Å². The lowest BCUT2D eigenvalue weighted by molar-refractivity contribution is -0.383. The van der Waals surface area contributed by atoms with Crippen molar-refractivity contribution >= 4 is 5.97 Å². The maximum atomic E-state index is 10.9. The first-order valence-corrected chi connectivity index (χ1v) is 7.93. The molecule has 13 nitrogen and oxygen atoms in total. The summed E-state index contributed by atoms with van der Waals surface area (Å²) in [5, 5.41) is 68.6. The van der Waals surface area contributed by atoms with Gasteiger partial charge in [0.2, 0.25) is 5.79 Å². The molecule has 2 rings (SSSR count). The van der Waals surface area contributed by atoms with Crippen LogP contribution >= 0.6 is 0 Å². The Balaban J connectivity index is 0.00000364. The van der Waals surface area contributed by atoms with Gasteiger partial charge in [-0.05, 0) is 0 Å². The lowest BCUT2D eigenvalue weighted by Crippen LogP contribution is -2.62. The lowest BCUT2D eigenvalue weighted by Gasteiger charge is -2.43. The highest BCUT2D eigenvalue weighted by atomic mass is 16.8. The molecule has 0 spiro atoms. The minimum Gasteiger partial charge on any atom is -0.463 e. The summed E-state index contributed by atoms with van der Waals surface area (Å²) in [5.41, 5.74) is 0. The minimum atomic E-state index is -2.26. The zero-order valence-corrected chi connectivity index (χ0v) is 14.6. The van der Waals surface area contributed by atoms with Gasteiger partial charge in [0.25, 0.3) is 0 Å². The van der Waals surface area contributed by atoms with Gasteiger partial charge in [0.1, 0.15) is 55.9 Å². The van der Waals surface area contributed by atoms with Gasteiger partial charge in [0.15, 0.2) is 6.29 Å². The number of hydrogen-bond donors (Lipinski definition) is 8. The smallest absolute Gasteiger partial charge is 0.302 e. The number of esters is 1. The zero-order valence-electron chi connectivity index (χ0n) is 14.6. The highest BCUT2D eigenvalue weighted by Gasteiger charge is 2.58. The lowest BCUT2D eigenvalue weighted by atomic mass is 9.99. The zero-order chi connectivity index (χ0) is 19.6. The molecule has 2 aliphatic heterocycles. The van der Waals surface area contributed by atoms with E-state index in [9.17, 15) is 35.4 Å². The van der Waals surface area contributed by atoms with Gasteiger partial charge < -0.3 is 60.8 Å². The van der Waals surface area contributed by atoms with Crippen LogP contribution in [0, 0.1) is 0 Å². The van der Waals surface area contributed by atoms with E-state index in [0.717, 1.165) is 6.92 Å².